The van der Waals surface area contributed by atoms with Crippen molar-refractivity contribution >= 4 is 17.4 Å². The smallest absolute Gasteiger partial charge is 0.295 e. The highest BCUT2D eigenvalue weighted by atomic mass is 16.5. The van der Waals surface area contributed by atoms with Gasteiger partial charge in [-0.3, -0.25) is 9.59 Å². The lowest BCUT2D eigenvalue weighted by atomic mass is 9.95. The molecule has 35 heavy (non-hydrogen) atoms. The molecule has 1 aliphatic heterocycles. The van der Waals surface area contributed by atoms with Crippen molar-refractivity contribution in [3.05, 3.63) is 59.2 Å². The molecule has 0 aliphatic carbocycles. The highest BCUT2D eigenvalue weighted by molar-refractivity contribution is 6.46. The summed E-state index contributed by atoms with van der Waals surface area (Å²) in [4.78, 5) is 29.9. The second-order valence-corrected chi connectivity index (χ2v) is 8.45. The Kier molecular flexibility index (Phi) is 8.76. The largest absolute Gasteiger partial charge is 0.507 e. The van der Waals surface area contributed by atoms with Crippen LogP contribution in [0.3, 0.4) is 0 Å². The number of ketones is 1. The second-order valence-electron chi connectivity index (χ2n) is 8.45. The summed E-state index contributed by atoms with van der Waals surface area (Å²) in [5.41, 5.74) is 1.14. The van der Waals surface area contributed by atoms with E-state index >= 15 is 0 Å². The molecule has 2 aromatic carbocycles. The third-order valence-electron chi connectivity index (χ3n) is 5.79. The topological polar surface area (TPSA) is 88.5 Å². The number of rotatable bonds is 11. The molecular weight excluding hydrogens is 448 g/mol. The summed E-state index contributed by atoms with van der Waals surface area (Å²) in [6.45, 7) is 5.78. The van der Waals surface area contributed by atoms with Gasteiger partial charge in [0.25, 0.3) is 11.7 Å². The maximum atomic E-state index is 13.2. The first-order chi connectivity index (χ1) is 16.8. The SMILES string of the molecule is CCOc1ccc(C2/C(=C(/O)c3ccc(OC)cc3)C(=O)C(=O)N2CCCN(C)C)cc1OCC. The molecule has 0 aromatic heterocycles. The van der Waals surface area contributed by atoms with Crippen molar-refractivity contribution in [2.75, 3.05) is 47.5 Å². The number of carbonyl (C=O) groups excluding carboxylic acids is 2. The van der Waals surface area contributed by atoms with Crippen molar-refractivity contribution in [2.45, 2.75) is 26.3 Å². The summed E-state index contributed by atoms with van der Waals surface area (Å²) in [5, 5.41) is 11.2. The van der Waals surface area contributed by atoms with Crippen LogP contribution >= 0.6 is 0 Å². The van der Waals surface area contributed by atoms with Crippen LogP contribution in [0.1, 0.15) is 37.4 Å². The first-order valence-electron chi connectivity index (χ1n) is 11.8. The van der Waals surface area contributed by atoms with Gasteiger partial charge in [0.15, 0.2) is 11.5 Å². The number of amides is 1. The lowest BCUT2D eigenvalue weighted by Crippen LogP contribution is -2.32. The van der Waals surface area contributed by atoms with Crippen LogP contribution in [-0.4, -0.2) is 74.1 Å². The second kappa shape index (κ2) is 11.8. The molecule has 1 atom stereocenters. The van der Waals surface area contributed by atoms with Crippen LogP contribution in [-0.2, 0) is 9.59 Å². The summed E-state index contributed by atoms with van der Waals surface area (Å²) in [5.74, 6) is 0.164. The summed E-state index contributed by atoms with van der Waals surface area (Å²) >= 11 is 0. The number of Topliss-reactive ketones (excluding diaryl/α,β-unsaturated/α-hetero) is 1. The van der Waals surface area contributed by atoms with Crippen LogP contribution in [0.5, 0.6) is 17.2 Å². The summed E-state index contributed by atoms with van der Waals surface area (Å²) in [6.07, 6.45) is 0.675. The highest BCUT2D eigenvalue weighted by Crippen LogP contribution is 2.42. The lowest BCUT2D eigenvalue weighted by molar-refractivity contribution is -0.139. The average molecular weight is 483 g/mol. The first-order valence-corrected chi connectivity index (χ1v) is 11.8. The summed E-state index contributed by atoms with van der Waals surface area (Å²) in [7, 11) is 5.46. The van der Waals surface area contributed by atoms with Crippen LogP contribution in [0, 0.1) is 0 Å². The molecule has 1 unspecified atom stereocenters. The van der Waals surface area contributed by atoms with E-state index in [-0.39, 0.29) is 11.3 Å². The Morgan fingerprint density at radius 1 is 1.00 bits per heavy atom. The van der Waals surface area contributed by atoms with Crippen molar-refractivity contribution in [3.63, 3.8) is 0 Å². The molecule has 8 heteroatoms. The van der Waals surface area contributed by atoms with Gasteiger partial charge >= 0.3 is 0 Å². The molecule has 1 N–H and O–H groups in total. The highest BCUT2D eigenvalue weighted by Gasteiger charge is 2.46. The minimum atomic E-state index is -0.755. The fraction of sp³-hybridized carbons (Fsp3) is 0.407. The summed E-state index contributed by atoms with van der Waals surface area (Å²) < 4.78 is 16.7. The van der Waals surface area contributed by atoms with Gasteiger partial charge in [-0.25, -0.2) is 0 Å². The van der Waals surface area contributed by atoms with E-state index in [9.17, 15) is 14.7 Å². The zero-order valence-corrected chi connectivity index (χ0v) is 21.0. The Morgan fingerprint density at radius 2 is 1.66 bits per heavy atom. The number of ether oxygens (including phenoxy) is 3. The molecule has 1 amide bonds. The molecule has 2 aromatic rings. The third-order valence-corrected chi connectivity index (χ3v) is 5.79. The average Bonchev–Trinajstić information content (AvgIpc) is 3.10. The van der Waals surface area contributed by atoms with Gasteiger partial charge in [0, 0.05) is 12.1 Å². The van der Waals surface area contributed by atoms with Crippen LogP contribution in [0.2, 0.25) is 0 Å². The van der Waals surface area contributed by atoms with E-state index in [0.717, 1.165) is 6.54 Å². The quantitative estimate of drug-likeness (QED) is 0.296. The zero-order valence-electron chi connectivity index (χ0n) is 21.0. The number of likely N-dealkylation sites (tertiary alicyclic amines) is 1. The molecule has 1 heterocycles. The Labute approximate surface area is 206 Å². The third kappa shape index (κ3) is 5.77. The molecule has 1 aliphatic rings. The Hall–Kier alpha value is -3.52. The van der Waals surface area contributed by atoms with Crippen LogP contribution in [0.4, 0.5) is 0 Å². The van der Waals surface area contributed by atoms with Crippen molar-refractivity contribution in [1.29, 1.82) is 0 Å². The van der Waals surface area contributed by atoms with Crippen molar-refractivity contribution in [2.24, 2.45) is 0 Å². The lowest BCUT2D eigenvalue weighted by Gasteiger charge is -2.26. The number of hydrogen-bond donors (Lipinski definition) is 1. The molecular formula is C27H34N2O6. The predicted molar refractivity (Wildman–Crippen MR) is 134 cm³/mol. The fourth-order valence-electron chi connectivity index (χ4n) is 4.16. The first kappa shape index (κ1) is 26.1. The van der Waals surface area contributed by atoms with Gasteiger partial charge < -0.3 is 29.1 Å². The number of nitrogens with zero attached hydrogens (tertiary/aromatic N) is 2. The molecule has 0 saturated carbocycles. The molecule has 1 fully saturated rings. The molecule has 0 bridgehead atoms. The Bertz CT molecular complexity index is 1080. The van der Waals surface area contributed by atoms with Crippen LogP contribution in [0.25, 0.3) is 5.76 Å². The number of hydrogen-bond acceptors (Lipinski definition) is 7. The number of benzene rings is 2. The minimum Gasteiger partial charge on any atom is -0.507 e. The number of aliphatic hydroxyl groups is 1. The number of methoxy groups -OCH3 is 1. The van der Waals surface area contributed by atoms with Crippen LogP contribution in [0.15, 0.2) is 48.0 Å². The van der Waals surface area contributed by atoms with Gasteiger partial charge in [-0.1, -0.05) is 6.07 Å². The van der Waals surface area contributed by atoms with Gasteiger partial charge in [0.1, 0.15) is 11.5 Å². The van der Waals surface area contributed by atoms with Gasteiger partial charge in [-0.05, 0) is 82.9 Å². The normalized spacial score (nSPS) is 17.2. The van der Waals surface area contributed by atoms with Gasteiger partial charge in [-0.2, -0.15) is 0 Å². The monoisotopic (exact) mass is 482 g/mol. The molecule has 3 rings (SSSR count). The predicted octanol–water partition coefficient (Wildman–Crippen LogP) is 3.87. The minimum absolute atomic E-state index is 0.0524. The van der Waals surface area contributed by atoms with Gasteiger partial charge in [-0.15, -0.1) is 0 Å². The van der Waals surface area contributed by atoms with E-state index in [4.69, 9.17) is 14.2 Å². The molecule has 0 radical (unpaired) electrons. The zero-order chi connectivity index (χ0) is 25.5. The Morgan fingerprint density at radius 3 is 2.26 bits per heavy atom. The maximum absolute atomic E-state index is 13.2. The van der Waals surface area contributed by atoms with E-state index < -0.39 is 17.7 Å². The summed E-state index contributed by atoms with van der Waals surface area (Å²) in [6, 6.07) is 11.3. The van der Waals surface area contributed by atoms with Gasteiger partial charge in [0.05, 0.1) is 31.9 Å². The molecule has 1 saturated heterocycles. The van der Waals surface area contributed by atoms with E-state index in [1.54, 1.807) is 43.5 Å². The van der Waals surface area contributed by atoms with E-state index in [1.807, 2.05) is 38.9 Å². The molecule has 0 spiro atoms. The number of carbonyl (C=O) groups is 2. The van der Waals surface area contributed by atoms with Crippen molar-refractivity contribution < 1.29 is 28.9 Å². The fourth-order valence-corrected chi connectivity index (χ4v) is 4.16. The standard InChI is InChI=1S/C27H34N2O6/c1-6-34-21-14-11-19(17-22(21)35-7-2)24-23(25(30)18-9-12-20(33-5)13-10-18)26(31)27(32)29(24)16-8-15-28(3)4/h9-14,17,24,30H,6-8,15-16H2,1-5H3/b25-23-. The van der Waals surface area contributed by atoms with Crippen molar-refractivity contribution in [1.82, 2.24) is 9.80 Å². The van der Waals surface area contributed by atoms with Gasteiger partial charge in [0.2, 0.25) is 0 Å². The molecule has 188 valence electrons. The molecule has 8 nitrogen and oxygen atoms in total. The van der Waals surface area contributed by atoms with E-state index in [1.165, 1.54) is 4.90 Å². The maximum Gasteiger partial charge on any atom is 0.295 e. The van der Waals surface area contributed by atoms with E-state index in [0.29, 0.717) is 54.6 Å². The van der Waals surface area contributed by atoms with Crippen LogP contribution < -0.4 is 14.2 Å². The number of aliphatic hydroxyl groups excluding tert-OH is 1. The Balaban J connectivity index is 2.13. The van der Waals surface area contributed by atoms with E-state index in [2.05, 4.69) is 0 Å². The van der Waals surface area contributed by atoms with Crippen molar-refractivity contribution in [3.8, 4) is 17.2 Å².